The van der Waals surface area contributed by atoms with Gasteiger partial charge in [0.05, 0.1) is 10.6 Å². The number of esters is 1. The summed E-state index contributed by atoms with van der Waals surface area (Å²) in [5, 5.41) is 1.79. The van der Waals surface area contributed by atoms with E-state index in [4.69, 9.17) is 9.47 Å². The number of Topliss-reactive ketones (excluding diaryl/α,β-unsaturated/α-hetero) is 1. The van der Waals surface area contributed by atoms with Gasteiger partial charge in [-0.05, 0) is 58.3 Å². The molecule has 0 aromatic heterocycles. The molecule has 0 bridgehead atoms. The van der Waals surface area contributed by atoms with Gasteiger partial charge in [0.1, 0.15) is 5.75 Å². The summed E-state index contributed by atoms with van der Waals surface area (Å²) in [6.45, 7) is -0.798. The minimum absolute atomic E-state index is 0.184. The predicted octanol–water partition coefficient (Wildman–Crippen LogP) is 6.14. The summed E-state index contributed by atoms with van der Waals surface area (Å²) in [6, 6.07) is 35.8. The Morgan fingerprint density at radius 2 is 1.32 bits per heavy atom. The lowest BCUT2D eigenvalue weighted by atomic mass is 10.0. The molecule has 5 aromatic carbocycles. The molecule has 0 heterocycles. The second-order valence-electron chi connectivity index (χ2n) is 9.29. The number of carbonyl (C=O) groups excluding carboxylic acids is 2. The number of anilines is 1. The second-order valence-corrected chi connectivity index (χ2v) is 11.3. The highest BCUT2D eigenvalue weighted by Gasteiger charge is 2.22. The van der Waals surface area contributed by atoms with Gasteiger partial charge in [0.15, 0.2) is 19.0 Å². The molecule has 0 amide bonds. The summed E-state index contributed by atoms with van der Waals surface area (Å²) < 4.78 is 38.1. The summed E-state index contributed by atoms with van der Waals surface area (Å²) in [6.07, 6.45) is 0. The number of hydrogen-bond donors (Lipinski definition) is 0. The Balaban J connectivity index is 1.12. The monoisotopic (exact) mass is 565 g/mol. The fraction of sp³-hybridized carbons (Fsp3) is 0.0909. The number of hydrogen-bond acceptors (Lipinski definition) is 6. The average Bonchev–Trinajstić information content (AvgIpc) is 3.02. The molecule has 0 N–H and O–H groups in total. The van der Waals surface area contributed by atoms with Crippen LogP contribution in [0.1, 0.15) is 10.4 Å². The molecule has 0 saturated carbocycles. The summed E-state index contributed by atoms with van der Waals surface area (Å²) in [4.78, 5) is 24.8. The van der Waals surface area contributed by atoms with Crippen LogP contribution in [-0.4, -0.2) is 40.4 Å². The molecule has 0 aliphatic heterocycles. The zero-order valence-electron chi connectivity index (χ0n) is 22.3. The first kappa shape index (κ1) is 27.6. The van der Waals surface area contributed by atoms with E-state index in [1.165, 1.54) is 11.4 Å². The summed E-state index contributed by atoms with van der Waals surface area (Å²) in [7, 11) is -2.31. The quantitative estimate of drug-likeness (QED) is 0.149. The third kappa shape index (κ3) is 6.45. The Morgan fingerprint density at radius 1 is 0.683 bits per heavy atom. The van der Waals surface area contributed by atoms with Crippen LogP contribution in [-0.2, 0) is 19.6 Å². The van der Waals surface area contributed by atoms with Crippen molar-refractivity contribution in [3.05, 3.63) is 127 Å². The molecule has 0 atom stereocenters. The van der Waals surface area contributed by atoms with Crippen molar-refractivity contribution >= 4 is 38.2 Å². The number of nitrogens with zero attached hydrogens (tertiary/aromatic N) is 1. The van der Waals surface area contributed by atoms with Gasteiger partial charge in [-0.25, -0.2) is 13.2 Å². The van der Waals surface area contributed by atoms with Crippen molar-refractivity contribution < 1.29 is 27.5 Å². The first-order valence-corrected chi connectivity index (χ1v) is 14.3. The lowest BCUT2D eigenvalue weighted by Crippen LogP contribution is -2.26. The molecule has 0 aliphatic carbocycles. The number of ether oxygens (including phenoxy) is 2. The van der Waals surface area contributed by atoms with Gasteiger partial charge in [-0.15, -0.1) is 0 Å². The largest absolute Gasteiger partial charge is 0.482 e. The number of sulfonamides is 1. The summed E-state index contributed by atoms with van der Waals surface area (Å²) in [5.74, 6) is -0.665. The Hall–Kier alpha value is -4.95. The minimum atomic E-state index is -3.79. The van der Waals surface area contributed by atoms with Crippen molar-refractivity contribution in [3.8, 4) is 16.9 Å². The van der Waals surface area contributed by atoms with Crippen LogP contribution in [0.4, 0.5) is 5.69 Å². The van der Waals surface area contributed by atoms with Gasteiger partial charge < -0.3 is 9.47 Å². The van der Waals surface area contributed by atoms with Crippen LogP contribution in [0.15, 0.2) is 126 Å². The van der Waals surface area contributed by atoms with Gasteiger partial charge in [0, 0.05) is 12.6 Å². The van der Waals surface area contributed by atoms with E-state index in [1.54, 1.807) is 54.6 Å². The fourth-order valence-electron chi connectivity index (χ4n) is 4.27. The average molecular weight is 566 g/mol. The molecule has 206 valence electrons. The number of benzene rings is 5. The van der Waals surface area contributed by atoms with Crippen molar-refractivity contribution in [2.45, 2.75) is 4.90 Å². The van der Waals surface area contributed by atoms with Crippen molar-refractivity contribution in [3.63, 3.8) is 0 Å². The third-order valence-corrected chi connectivity index (χ3v) is 8.40. The summed E-state index contributed by atoms with van der Waals surface area (Å²) >= 11 is 0. The number of fused-ring (bicyclic) bond motifs is 1. The molecule has 41 heavy (non-hydrogen) atoms. The zero-order valence-corrected chi connectivity index (χ0v) is 23.1. The summed E-state index contributed by atoms with van der Waals surface area (Å²) in [5.41, 5.74) is 2.89. The first-order chi connectivity index (χ1) is 19.8. The molecule has 8 heteroatoms. The van der Waals surface area contributed by atoms with Crippen molar-refractivity contribution in [1.29, 1.82) is 0 Å². The predicted molar refractivity (Wildman–Crippen MR) is 159 cm³/mol. The van der Waals surface area contributed by atoms with Crippen molar-refractivity contribution in [2.75, 3.05) is 24.6 Å². The molecule has 0 spiro atoms. The van der Waals surface area contributed by atoms with Gasteiger partial charge in [0.25, 0.3) is 10.0 Å². The van der Waals surface area contributed by atoms with Gasteiger partial charge in [-0.2, -0.15) is 0 Å². The van der Waals surface area contributed by atoms with Crippen LogP contribution < -0.4 is 9.04 Å². The van der Waals surface area contributed by atoms with E-state index in [0.29, 0.717) is 17.0 Å². The maximum absolute atomic E-state index is 13.2. The van der Waals surface area contributed by atoms with E-state index in [0.717, 1.165) is 21.9 Å². The highest BCUT2D eigenvalue weighted by atomic mass is 32.2. The van der Waals surface area contributed by atoms with Gasteiger partial charge in [0.2, 0.25) is 0 Å². The fourth-order valence-corrected chi connectivity index (χ4v) is 5.50. The Bertz CT molecular complexity index is 1780. The normalized spacial score (nSPS) is 11.1. The number of rotatable bonds is 10. The van der Waals surface area contributed by atoms with Crippen LogP contribution in [0.5, 0.6) is 5.75 Å². The van der Waals surface area contributed by atoms with Gasteiger partial charge in [-0.3, -0.25) is 9.10 Å². The Labute approximate surface area is 238 Å². The maximum atomic E-state index is 13.2. The maximum Gasteiger partial charge on any atom is 0.344 e. The first-order valence-electron chi connectivity index (χ1n) is 12.9. The topological polar surface area (TPSA) is 90.0 Å². The van der Waals surface area contributed by atoms with E-state index in [1.807, 2.05) is 66.7 Å². The molecule has 0 aliphatic rings. The van der Waals surface area contributed by atoms with E-state index in [-0.39, 0.29) is 10.7 Å². The lowest BCUT2D eigenvalue weighted by molar-refractivity contribution is -0.144. The van der Waals surface area contributed by atoms with Crippen LogP contribution >= 0.6 is 0 Å². The Kier molecular flexibility index (Phi) is 8.12. The van der Waals surface area contributed by atoms with E-state index >= 15 is 0 Å². The second kappa shape index (κ2) is 12.1. The number of ketones is 1. The van der Waals surface area contributed by atoms with Gasteiger partial charge in [-0.1, -0.05) is 84.9 Å². The molecule has 0 unspecified atom stereocenters. The molecule has 5 aromatic rings. The van der Waals surface area contributed by atoms with Crippen LogP contribution in [0.3, 0.4) is 0 Å². The minimum Gasteiger partial charge on any atom is -0.482 e. The van der Waals surface area contributed by atoms with Crippen molar-refractivity contribution in [1.82, 2.24) is 0 Å². The van der Waals surface area contributed by atoms with E-state index < -0.39 is 29.2 Å². The molecule has 0 radical (unpaired) electrons. The smallest absolute Gasteiger partial charge is 0.344 e. The lowest BCUT2D eigenvalue weighted by Gasteiger charge is -2.20. The molecule has 0 saturated heterocycles. The van der Waals surface area contributed by atoms with Gasteiger partial charge >= 0.3 is 5.97 Å². The third-order valence-electron chi connectivity index (χ3n) is 6.61. The highest BCUT2D eigenvalue weighted by molar-refractivity contribution is 7.92. The molecular weight excluding hydrogens is 538 g/mol. The van der Waals surface area contributed by atoms with Crippen LogP contribution in [0.25, 0.3) is 21.9 Å². The van der Waals surface area contributed by atoms with Crippen molar-refractivity contribution in [2.24, 2.45) is 0 Å². The molecular formula is C33H27NO6S. The molecule has 5 rings (SSSR count). The molecule has 0 fully saturated rings. The van der Waals surface area contributed by atoms with E-state index in [9.17, 15) is 18.0 Å². The highest BCUT2D eigenvalue weighted by Crippen LogP contribution is 2.26. The van der Waals surface area contributed by atoms with Crippen LogP contribution in [0.2, 0.25) is 0 Å². The van der Waals surface area contributed by atoms with E-state index in [2.05, 4.69) is 0 Å². The zero-order chi connectivity index (χ0) is 28.8. The standard InChI is InChI=1S/C33H27NO6S/c1-34(41(37,38)31-20-15-25-9-5-6-10-28(25)21-31)29-16-18-30(19-17-29)39-23-33(36)40-22-32(35)27-13-11-26(12-14-27)24-7-3-2-4-8-24/h2-21H,22-23H2,1H3. The Morgan fingerprint density at radius 3 is 2.02 bits per heavy atom. The SMILES string of the molecule is CN(c1ccc(OCC(=O)OCC(=O)c2ccc(-c3ccccc3)cc2)cc1)S(=O)(=O)c1ccc2ccccc2c1. The molecule has 7 nitrogen and oxygen atoms in total. The van der Waals surface area contributed by atoms with Crippen LogP contribution in [0, 0.1) is 0 Å². The number of carbonyl (C=O) groups is 2.